The Balaban J connectivity index is 1.63. The maximum Gasteiger partial charge on any atom is 0.322 e. The van der Waals surface area contributed by atoms with E-state index in [-0.39, 0.29) is 6.03 Å². The van der Waals surface area contributed by atoms with Crippen LogP contribution < -0.4 is 19.7 Å². The highest BCUT2D eigenvalue weighted by molar-refractivity contribution is 6.30. The van der Waals surface area contributed by atoms with Crippen molar-refractivity contribution in [1.82, 2.24) is 4.90 Å². The summed E-state index contributed by atoms with van der Waals surface area (Å²) in [6.45, 7) is 2.62. The monoisotopic (exact) mass is 375 g/mol. The number of amides is 2. The van der Waals surface area contributed by atoms with Crippen molar-refractivity contribution < 1.29 is 14.3 Å². The summed E-state index contributed by atoms with van der Waals surface area (Å²) in [5.41, 5.74) is 1.61. The molecule has 0 radical (unpaired) electrons. The summed E-state index contributed by atoms with van der Waals surface area (Å²) in [6, 6.07) is 12.8. The second-order valence-electron chi connectivity index (χ2n) is 5.92. The standard InChI is InChI=1S/C19H22ClN3O3/c1-25-17-6-4-3-5-15(17)21-19(24)23-11-9-22(10-12-23)16-13-14(20)7-8-18(16)26-2/h3-8,13H,9-12H2,1-2H3,(H,21,24). The quantitative estimate of drug-likeness (QED) is 0.885. The fourth-order valence-electron chi connectivity index (χ4n) is 3.00. The fraction of sp³-hybridized carbons (Fsp3) is 0.316. The number of benzene rings is 2. The topological polar surface area (TPSA) is 54.0 Å². The van der Waals surface area contributed by atoms with E-state index in [9.17, 15) is 4.79 Å². The van der Waals surface area contributed by atoms with Crippen molar-refractivity contribution in [3.8, 4) is 11.5 Å². The Morgan fingerprint density at radius 2 is 1.69 bits per heavy atom. The molecule has 2 aromatic rings. The highest BCUT2D eigenvalue weighted by Crippen LogP contribution is 2.32. The van der Waals surface area contributed by atoms with Crippen LogP contribution in [0.4, 0.5) is 16.2 Å². The number of rotatable bonds is 4. The van der Waals surface area contributed by atoms with Gasteiger partial charge in [0.15, 0.2) is 0 Å². The van der Waals surface area contributed by atoms with Crippen molar-refractivity contribution in [2.45, 2.75) is 0 Å². The Kier molecular flexibility index (Phi) is 5.73. The van der Waals surface area contributed by atoms with Crippen LogP contribution in [0.3, 0.4) is 0 Å². The molecule has 2 aromatic carbocycles. The molecule has 0 aliphatic carbocycles. The lowest BCUT2D eigenvalue weighted by atomic mass is 10.2. The van der Waals surface area contributed by atoms with Crippen molar-refractivity contribution in [3.05, 3.63) is 47.5 Å². The minimum absolute atomic E-state index is 0.132. The Labute approximate surface area is 158 Å². The molecule has 3 rings (SSSR count). The first kappa shape index (κ1) is 18.2. The minimum atomic E-state index is -0.132. The molecule has 0 atom stereocenters. The second-order valence-corrected chi connectivity index (χ2v) is 6.36. The Morgan fingerprint density at radius 1 is 1.00 bits per heavy atom. The van der Waals surface area contributed by atoms with Gasteiger partial charge in [-0.1, -0.05) is 23.7 Å². The van der Waals surface area contributed by atoms with Gasteiger partial charge in [0.2, 0.25) is 0 Å². The van der Waals surface area contributed by atoms with E-state index in [1.54, 1.807) is 25.2 Å². The lowest BCUT2D eigenvalue weighted by Gasteiger charge is -2.36. The van der Waals surface area contributed by atoms with E-state index < -0.39 is 0 Å². The van der Waals surface area contributed by atoms with Gasteiger partial charge in [-0.3, -0.25) is 0 Å². The number of hydrogen-bond acceptors (Lipinski definition) is 4. The molecule has 0 aromatic heterocycles. The van der Waals surface area contributed by atoms with Crippen LogP contribution in [0.5, 0.6) is 11.5 Å². The van der Waals surface area contributed by atoms with Crippen molar-refractivity contribution in [3.63, 3.8) is 0 Å². The van der Waals surface area contributed by atoms with E-state index in [4.69, 9.17) is 21.1 Å². The number of anilines is 2. The zero-order chi connectivity index (χ0) is 18.5. The third kappa shape index (κ3) is 3.96. The van der Waals surface area contributed by atoms with Crippen molar-refractivity contribution in [2.24, 2.45) is 0 Å². The molecule has 1 aliphatic rings. The van der Waals surface area contributed by atoms with Crippen LogP contribution in [0.15, 0.2) is 42.5 Å². The van der Waals surface area contributed by atoms with Crippen LogP contribution in [0.1, 0.15) is 0 Å². The Bertz CT molecular complexity index is 776. The minimum Gasteiger partial charge on any atom is -0.495 e. The summed E-state index contributed by atoms with van der Waals surface area (Å²) >= 11 is 6.12. The second kappa shape index (κ2) is 8.19. The predicted octanol–water partition coefficient (Wildman–Crippen LogP) is 3.71. The van der Waals surface area contributed by atoms with E-state index >= 15 is 0 Å². The number of methoxy groups -OCH3 is 2. The van der Waals surface area contributed by atoms with E-state index in [0.717, 1.165) is 11.4 Å². The predicted molar refractivity (Wildman–Crippen MR) is 104 cm³/mol. The Morgan fingerprint density at radius 3 is 2.38 bits per heavy atom. The van der Waals surface area contributed by atoms with Crippen LogP contribution >= 0.6 is 11.6 Å². The van der Waals surface area contributed by atoms with E-state index in [1.807, 2.05) is 36.4 Å². The van der Waals surface area contributed by atoms with Gasteiger partial charge in [-0.15, -0.1) is 0 Å². The van der Waals surface area contributed by atoms with Crippen LogP contribution in [0, 0.1) is 0 Å². The lowest BCUT2D eigenvalue weighted by Crippen LogP contribution is -2.50. The number of carbonyl (C=O) groups excluding carboxylic acids is 1. The molecule has 1 saturated heterocycles. The van der Waals surface area contributed by atoms with Gasteiger partial charge in [0.25, 0.3) is 0 Å². The molecule has 1 aliphatic heterocycles. The fourth-order valence-corrected chi connectivity index (χ4v) is 3.17. The number of para-hydroxylation sites is 2. The smallest absolute Gasteiger partial charge is 0.322 e. The highest BCUT2D eigenvalue weighted by Gasteiger charge is 2.23. The van der Waals surface area contributed by atoms with Gasteiger partial charge in [0.1, 0.15) is 11.5 Å². The number of carbonyl (C=O) groups is 1. The van der Waals surface area contributed by atoms with Gasteiger partial charge in [0.05, 0.1) is 25.6 Å². The van der Waals surface area contributed by atoms with Crippen molar-refractivity contribution in [2.75, 3.05) is 50.6 Å². The number of halogens is 1. The molecule has 6 nitrogen and oxygen atoms in total. The highest BCUT2D eigenvalue weighted by atomic mass is 35.5. The third-order valence-electron chi connectivity index (χ3n) is 4.40. The van der Waals surface area contributed by atoms with Crippen LogP contribution in [0.2, 0.25) is 5.02 Å². The third-order valence-corrected chi connectivity index (χ3v) is 4.63. The first-order chi connectivity index (χ1) is 12.6. The van der Waals surface area contributed by atoms with Gasteiger partial charge in [-0.05, 0) is 30.3 Å². The summed E-state index contributed by atoms with van der Waals surface area (Å²) in [5.74, 6) is 1.42. The van der Waals surface area contributed by atoms with E-state index in [2.05, 4.69) is 10.2 Å². The summed E-state index contributed by atoms with van der Waals surface area (Å²) in [6.07, 6.45) is 0. The van der Waals surface area contributed by atoms with Crippen LogP contribution in [-0.2, 0) is 0 Å². The number of nitrogens with one attached hydrogen (secondary N) is 1. The molecule has 0 bridgehead atoms. The first-order valence-electron chi connectivity index (χ1n) is 8.40. The molecule has 0 saturated carbocycles. The number of urea groups is 1. The van der Waals surface area contributed by atoms with Gasteiger partial charge < -0.3 is 24.6 Å². The largest absolute Gasteiger partial charge is 0.495 e. The molecule has 7 heteroatoms. The Hall–Kier alpha value is -2.60. The molecule has 2 amide bonds. The van der Waals surface area contributed by atoms with E-state index in [0.29, 0.717) is 42.6 Å². The molecular weight excluding hydrogens is 354 g/mol. The number of nitrogens with zero attached hydrogens (tertiary/aromatic N) is 2. The van der Waals surface area contributed by atoms with E-state index in [1.165, 1.54) is 0 Å². The molecule has 1 fully saturated rings. The van der Waals surface area contributed by atoms with Gasteiger partial charge in [-0.2, -0.15) is 0 Å². The molecule has 1 N–H and O–H groups in total. The van der Waals surface area contributed by atoms with Gasteiger partial charge in [0, 0.05) is 31.2 Å². The lowest BCUT2D eigenvalue weighted by molar-refractivity contribution is 0.208. The summed E-state index contributed by atoms with van der Waals surface area (Å²) in [4.78, 5) is 16.5. The number of hydrogen-bond donors (Lipinski definition) is 1. The zero-order valence-electron chi connectivity index (χ0n) is 14.9. The number of ether oxygens (including phenoxy) is 2. The molecule has 0 spiro atoms. The summed E-state index contributed by atoms with van der Waals surface area (Å²) in [7, 11) is 3.23. The van der Waals surface area contributed by atoms with Gasteiger partial charge >= 0.3 is 6.03 Å². The zero-order valence-corrected chi connectivity index (χ0v) is 15.6. The molecular formula is C19H22ClN3O3. The maximum atomic E-state index is 12.6. The molecule has 0 unspecified atom stereocenters. The molecule has 138 valence electrons. The average Bonchev–Trinajstić information content (AvgIpc) is 2.68. The normalized spacial score (nSPS) is 14.1. The molecule has 1 heterocycles. The van der Waals surface area contributed by atoms with Gasteiger partial charge in [-0.25, -0.2) is 4.79 Å². The molecule has 26 heavy (non-hydrogen) atoms. The maximum absolute atomic E-state index is 12.6. The first-order valence-corrected chi connectivity index (χ1v) is 8.77. The van der Waals surface area contributed by atoms with Crippen LogP contribution in [-0.4, -0.2) is 51.3 Å². The van der Waals surface area contributed by atoms with Crippen LogP contribution in [0.25, 0.3) is 0 Å². The number of piperazine rings is 1. The average molecular weight is 376 g/mol. The summed E-state index contributed by atoms with van der Waals surface area (Å²) < 4.78 is 10.7. The SMILES string of the molecule is COc1ccccc1NC(=O)N1CCN(c2cc(Cl)ccc2OC)CC1. The van der Waals surface area contributed by atoms with Crippen molar-refractivity contribution in [1.29, 1.82) is 0 Å². The summed E-state index contributed by atoms with van der Waals surface area (Å²) in [5, 5.41) is 3.58. The van der Waals surface area contributed by atoms with Crippen molar-refractivity contribution >= 4 is 29.0 Å².